The van der Waals surface area contributed by atoms with Crippen LogP contribution in [0, 0.1) is 6.92 Å². The zero-order valence-corrected chi connectivity index (χ0v) is 11.0. The van der Waals surface area contributed by atoms with E-state index in [9.17, 15) is 0 Å². The van der Waals surface area contributed by atoms with Gasteiger partial charge in [0.05, 0.1) is 10.4 Å². The van der Waals surface area contributed by atoms with E-state index in [1.165, 1.54) is 10.4 Å². The Morgan fingerprint density at radius 2 is 2.27 bits per heavy atom. The average Bonchev–Trinajstić information content (AvgIpc) is 2.80. The third-order valence-electron chi connectivity index (χ3n) is 2.33. The summed E-state index contributed by atoms with van der Waals surface area (Å²) in [4.78, 5) is 1.28. The van der Waals surface area contributed by atoms with Gasteiger partial charge in [0.25, 0.3) is 0 Å². The molecule has 0 saturated heterocycles. The Balaban J connectivity index is 2.35. The van der Waals surface area contributed by atoms with Crippen LogP contribution in [0.5, 0.6) is 0 Å². The maximum atomic E-state index is 6.09. The Bertz CT molecular complexity index is 414. The van der Waals surface area contributed by atoms with Crippen molar-refractivity contribution in [3.63, 3.8) is 0 Å². The maximum absolute atomic E-state index is 6.09. The molecule has 0 aliphatic heterocycles. The summed E-state index contributed by atoms with van der Waals surface area (Å²) in [5.41, 5.74) is 2.47. The Kier molecular flexibility index (Phi) is 3.46. The predicted octanol–water partition coefficient (Wildman–Crippen LogP) is 4.08. The monoisotopic (exact) mass is 257 g/mol. The van der Waals surface area contributed by atoms with E-state index in [1.807, 2.05) is 14.0 Å². The van der Waals surface area contributed by atoms with Gasteiger partial charge in [0.2, 0.25) is 0 Å². The molecular formula is C11H12ClNS2. The summed E-state index contributed by atoms with van der Waals surface area (Å²) < 4.78 is 0.889. The predicted molar refractivity (Wildman–Crippen MR) is 69.3 cm³/mol. The van der Waals surface area contributed by atoms with Crippen LogP contribution in [-0.2, 0) is 0 Å². The normalized spacial score (nSPS) is 13.0. The second-order valence-electron chi connectivity index (χ2n) is 3.38. The number of hydrogen-bond donors (Lipinski definition) is 1. The molecule has 2 heterocycles. The molecule has 80 valence electrons. The van der Waals surface area contributed by atoms with E-state index in [1.54, 1.807) is 22.7 Å². The van der Waals surface area contributed by atoms with Gasteiger partial charge in [-0.3, -0.25) is 0 Å². The highest BCUT2D eigenvalue weighted by Gasteiger charge is 2.15. The first-order valence-electron chi connectivity index (χ1n) is 4.67. The lowest BCUT2D eigenvalue weighted by Crippen LogP contribution is -2.15. The molecule has 1 atom stereocenters. The Morgan fingerprint density at radius 1 is 1.47 bits per heavy atom. The van der Waals surface area contributed by atoms with Crippen molar-refractivity contribution in [2.75, 3.05) is 7.05 Å². The van der Waals surface area contributed by atoms with Crippen molar-refractivity contribution in [2.45, 2.75) is 13.0 Å². The van der Waals surface area contributed by atoms with Crippen molar-refractivity contribution < 1.29 is 0 Å². The van der Waals surface area contributed by atoms with Crippen LogP contribution in [0.25, 0.3) is 0 Å². The van der Waals surface area contributed by atoms with E-state index >= 15 is 0 Å². The van der Waals surface area contributed by atoms with Gasteiger partial charge >= 0.3 is 0 Å². The maximum Gasteiger partial charge on any atom is 0.0961 e. The van der Waals surface area contributed by atoms with Crippen molar-refractivity contribution >= 4 is 34.3 Å². The summed E-state index contributed by atoms with van der Waals surface area (Å²) >= 11 is 9.46. The number of rotatable bonds is 3. The molecule has 4 heteroatoms. The first-order valence-corrected chi connectivity index (χ1v) is 6.81. The number of nitrogens with one attached hydrogen (secondary N) is 1. The van der Waals surface area contributed by atoms with E-state index in [-0.39, 0.29) is 6.04 Å². The minimum Gasteiger partial charge on any atom is -0.309 e. The van der Waals surface area contributed by atoms with Gasteiger partial charge in [-0.05, 0) is 48.0 Å². The lowest BCUT2D eigenvalue weighted by molar-refractivity contribution is 0.706. The zero-order valence-electron chi connectivity index (χ0n) is 8.58. The molecule has 1 unspecified atom stereocenters. The van der Waals surface area contributed by atoms with Gasteiger partial charge in [-0.15, -0.1) is 11.3 Å². The minimum absolute atomic E-state index is 0.271. The van der Waals surface area contributed by atoms with Crippen LogP contribution in [0.3, 0.4) is 0 Å². The molecule has 0 aromatic carbocycles. The van der Waals surface area contributed by atoms with Crippen LogP contribution < -0.4 is 5.32 Å². The molecule has 0 bridgehead atoms. The molecule has 0 saturated carbocycles. The van der Waals surface area contributed by atoms with Gasteiger partial charge in [-0.1, -0.05) is 11.6 Å². The molecule has 2 aromatic heterocycles. The largest absolute Gasteiger partial charge is 0.309 e. The second kappa shape index (κ2) is 4.66. The number of hydrogen-bond acceptors (Lipinski definition) is 3. The molecule has 0 radical (unpaired) electrons. The van der Waals surface area contributed by atoms with Gasteiger partial charge in [0, 0.05) is 4.88 Å². The molecular weight excluding hydrogens is 246 g/mol. The van der Waals surface area contributed by atoms with Gasteiger partial charge in [0.15, 0.2) is 0 Å². The fraction of sp³-hybridized carbons (Fsp3) is 0.273. The molecule has 0 aliphatic carbocycles. The molecule has 15 heavy (non-hydrogen) atoms. The molecule has 0 spiro atoms. The summed E-state index contributed by atoms with van der Waals surface area (Å²) in [7, 11) is 1.98. The molecule has 1 N–H and O–H groups in total. The summed E-state index contributed by atoms with van der Waals surface area (Å²) in [6.07, 6.45) is 0. The first kappa shape index (κ1) is 11.1. The van der Waals surface area contributed by atoms with Crippen LogP contribution in [0.1, 0.15) is 22.0 Å². The molecule has 2 aromatic rings. The second-order valence-corrected chi connectivity index (χ2v) is 5.85. The third kappa shape index (κ3) is 2.26. The van der Waals surface area contributed by atoms with E-state index in [0.717, 1.165) is 9.90 Å². The fourth-order valence-corrected chi connectivity index (χ4v) is 3.58. The lowest BCUT2D eigenvalue weighted by Gasteiger charge is -2.12. The Labute approximate surface area is 103 Å². The topological polar surface area (TPSA) is 12.0 Å². The lowest BCUT2D eigenvalue weighted by atomic mass is 10.1. The third-order valence-corrected chi connectivity index (χ3v) is 4.65. The van der Waals surface area contributed by atoms with Crippen LogP contribution in [0.15, 0.2) is 22.9 Å². The van der Waals surface area contributed by atoms with Crippen LogP contribution in [0.2, 0.25) is 4.34 Å². The quantitative estimate of drug-likeness (QED) is 0.874. The van der Waals surface area contributed by atoms with Gasteiger partial charge in [-0.2, -0.15) is 11.3 Å². The van der Waals surface area contributed by atoms with Crippen molar-refractivity contribution in [3.8, 4) is 0 Å². The minimum atomic E-state index is 0.271. The van der Waals surface area contributed by atoms with Crippen molar-refractivity contribution in [2.24, 2.45) is 0 Å². The molecule has 2 rings (SSSR count). The molecule has 1 nitrogen and oxygen atoms in total. The highest BCUT2D eigenvalue weighted by molar-refractivity contribution is 7.16. The van der Waals surface area contributed by atoms with Crippen LogP contribution in [0.4, 0.5) is 0 Å². The van der Waals surface area contributed by atoms with Gasteiger partial charge in [-0.25, -0.2) is 0 Å². The zero-order chi connectivity index (χ0) is 10.8. The fourth-order valence-electron chi connectivity index (χ4n) is 1.54. The SMILES string of the molecule is CNC(c1ccsc1)c1cc(C)c(Cl)s1. The van der Waals surface area contributed by atoms with E-state index in [2.05, 4.69) is 28.2 Å². The average molecular weight is 258 g/mol. The van der Waals surface area contributed by atoms with Crippen LogP contribution >= 0.6 is 34.3 Å². The number of halogens is 1. The summed E-state index contributed by atoms with van der Waals surface area (Å²) in [6, 6.07) is 4.58. The van der Waals surface area contributed by atoms with Gasteiger partial charge in [0.1, 0.15) is 0 Å². The molecule has 0 aliphatic rings. The molecule has 0 fully saturated rings. The molecule has 0 amide bonds. The summed E-state index contributed by atoms with van der Waals surface area (Å²) in [6.45, 7) is 2.04. The number of thiophene rings is 2. The van der Waals surface area contributed by atoms with E-state index in [4.69, 9.17) is 11.6 Å². The van der Waals surface area contributed by atoms with E-state index in [0.29, 0.717) is 0 Å². The number of aryl methyl sites for hydroxylation is 1. The van der Waals surface area contributed by atoms with Crippen LogP contribution in [-0.4, -0.2) is 7.05 Å². The summed E-state index contributed by atoms with van der Waals surface area (Å²) in [5, 5.41) is 7.59. The van der Waals surface area contributed by atoms with Crippen molar-refractivity contribution in [1.82, 2.24) is 5.32 Å². The Morgan fingerprint density at radius 3 is 2.73 bits per heavy atom. The van der Waals surface area contributed by atoms with Crippen molar-refractivity contribution in [3.05, 3.63) is 43.2 Å². The first-order chi connectivity index (χ1) is 7.22. The Hall–Kier alpha value is -0.350. The highest BCUT2D eigenvalue weighted by Crippen LogP contribution is 2.34. The van der Waals surface area contributed by atoms with E-state index < -0.39 is 0 Å². The smallest absolute Gasteiger partial charge is 0.0961 e. The van der Waals surface area contributed by atoms with Gasteiger partial charge < -0.3 is 5.32 Å². The highest BCUT2D eigenvalue weighted by atomic mass is 35.5. The summed E-state index contributed by atoms with van der Waals surface area (Å²) in [5.74, 6) is 0. The standard InChI is InChI=1S/C11H12ClNS2/c1-7-5-9(15-11(7)12)10(13-2)8-3-4-14-6-8/h3-6,10,13H,1-2H3. The van der Waals surface area contributed by atoms with Crippen molar-refractivity contribution in [1.29, 1.82) is 0 Å².